The van der Waals surface area contributed by atoms with Crippen molar-refractivity contribution in [2.24, 2.45) is 0 Å². The standard InChI is InChI=1S/C10H10N2/c1-7-6-12-8(2)10-9(7)4-3-5-11-10/h3-6H,1-2H3. The molecule has 0 N–H and O–H groups in total. The van der Waals surface area contributed by atoms with Gasteiger partial charge >= 0.3 is 0 Å². The van der Waals surface area contributed by atoms with Crippen molar-refractivity contribution in [3.63, 3.8) is 0 Å². The van der Waals surface area contributed by atoms with Gasteiger partial charge in [-0.05, 0) is 25.5 Å². The van der Waals surface area contributed by atoms with Crippen molar-refractivity contribution >= 4 is 10.9 Å². The quantitative estimate of drug-likeness (QED) is 0.587. The lowest BCUT2D eigenvalue weighted by atomic mass is 10.1. The van der Waals surface area contributed by atoms with Crippen molar-refractivity contribution in [1.82, 2.24) is 9.97 Å². The van der Waals surface area contributed by atoms with Crippen LogP contribution in [0.3, 0.4) is 0 Å². The molecule has 0 saturated carbocycles. The van der Waals surface area contributed by atoms with E-state index in [0.29, 0.717) is 0 Å². The van der Waals surface area contributed by atoms with Crippen molar-refractivity contribution in [2.45, 2.75) is 13.8 Å². The number of hydrogen-bond donors (Lipinski definition) is 0. The van der Waals surface area contributed by atoms with E-state index in [1.54, 1.807) is 6.20 Å². The molecule has 0 aliphatic rings. The largest absolute Gasteiger partial charge is 0.259 e. The Hall–Kier alpha value is -1.44. The van der Waals surface area contributed by atoms with Crippen molar-refractivity contribution in [2.75, 3.05) is 0 Å². The third kappa shape index (κ3) is 0.961. The Balaban J connectivity index is 2.95. The number of hydrogen-bond acceptors (Lipinski definition) is 2. The summed E-state index contributed by atoms with van der Waals surface area (Å²) in [4.78, 5) is 8.52. The molecule has 2 aromatic heterocycles. The highest BCUT2D eigenvalue weighted by molar-refractivity contribution is 5.82. The summed E-state index contributed by atoms with van der Waals surface area (Å²) in [5.41, 5.74) is 3.19. The van der Waals surface area contributed by atoms with Crippen LogP contribution in [0.2, 0.25) is 0 Å². The molecule has 2 nitrogen and oxygen atoms in total. The van der Waals surface area contributed by atoms with Crippen LogP contribution >= 0.6 is 0 Å². The zero-order valence-corrected chi connectivity index (χ0v) is 7.20. The molecule has 2 aromatic rings. The van der Waals surface area contributed by atoms with Gasteiger partial charge in [-0.1, -0.05) is 6.07 Å². The van der Waals surface area contributed by atoms with Gasteiger partial charge in [0.2, 0.25) is 0 Å². The van der Waals surface area contributed by atoms with Crippen LogP contribution in [0.5, 0.6) is 0 Å². The van der Waals surface area contributed by atoms with E-state index in [1.807, 2.05) is 19.2 Å². The number of aryl methyl sites for hydroxylation is 2. The third-order valence-electron chi connectivity index (χ3n) is 2.03. The maximum absolute atomic E-state index is 4.28. The Bertz CT molecular complexity index is 381. The van der Waals surface area contributed by atoms with Crippen LogP contribution in [0.15, 0.2) is 24.5 Å². The summed E-state index contributed by atoms with van der Waals surface area (Å²) in [5.74, 6) is 0. The van der Waals surface area contributed by atoms with E-state index in [-0.39, 0.29) is 0 Å². The van der Waals surface area contributed by atoms with Gasteiger partial charge in [-0.3, -0.25) is 9.97 Å². The Morgan fingerprint density at radius 2 is 2.00 bits per heavy atom. The Labute approximate surface area is 71.3 Å². The first kappa shape index (κ1) is 7.22. The van der Waals surface area contributed by atoms with Gasteiger partial charge in [0.05, 0.1) is 11.2 Å². The summed E-state index contributed by atoms with van der Waals surface area (Å²) in [6, 6.07) is 4.03. The summed E-state index contributed by atoms with van der Waals surface area (Å²) >= 11 is 0. The Kier molecular flexibility index (Phi) is 1.54. The predicted molar refractivity (Wildman–Crippen MR) is 49.0 cm³/mol. The smallest absolute Gasteiger partial charge is 0.0916 e. The third-order valence-corrected chi connectivity index (χ3v) is 2.03. The van der Waals surface area contributed by atoms with Crippen molar-refractivity contribution < 1.29 is 0 Å². The molecule has 0 saturated heterocycles. The monoisotopic (exact) mass is 158 g/mol. The molecule has 0 bridgehead atoms. The summed E-state index contributed by atoms with van der Waals surface area (Å²) in [7, 11) is 0. The number of nitrogens with zero attached hydrogens (tertiary/aromatic N) is 2. The van der Waals surface area contributed by atoms with Crippen LogP contribution < -0.4 is 0 Å². The molecular formula is C10H10N2. The molecule has 0 amide bonds. The molecule has 0 fully saturated rings. The van der Waals surface area contributed by atoms with Crippen molar-refractivity contribution in [3.8, 4) is 0 Å². The molecule has 2 heteroatoms. The highest BCUT2D eigenvalue weighted by Crippen LogP contribution is 2.16. The highest BCUT2D eigenvalue weighted by atomic mass is 14.7. The first-order chi connectivity index (χ1) is 5.79. The minimum absolute atomic E-state index is 0.996. The van der Waals surface area contributed by atoms with Crippen LogP contribution in [0, 0.1) is 13.8 Å². The summed E-state index contributed by atoms with van der Waals surface area (Å²) in [6.07, 6.45) is 3.69. The zero-order chi connectivity index (χ0) is 8.55. The second-order valence-corrected chi connectivity index (χ2v) is 2.93. The fourth-order valence-electron chi connectivity index (χ4n) is 1.34. The highest BCUT2D eigenvalue weighted by Gasteiger charge is 2.00. The average molecular weight is 158 g/mol. The lowest BCUT2D eigenvalue weighted by Crippen LogP contribution is -1.88. The molecule has 0 aliphatic carbocycles. The number of rotatable bonds is 0. The van der Waals surface area contributed by atoms with Crippen LogP contribution in [0.25, 0.3) is 10.9 Å². The van der Waals surface area contributed by atoms with Crippen LogP contribution in [-0.2, 0) is 0 Å². The average Bonchev–Trinajstić information content (AvgIpc) is 2.12. The van der Waals surface area contributed by atoms with Crippen molar-refractivity contribution in [1.29, 1.82) is 0 Å². The molecule has 0 aromatic carbocycles. The first-order valence-electron chi connectivity index (χ1n) is 3.96. The summed E-state index contributed by atoms with van der Waals surface area (Å²) < 4.78 is 0. The zero-order valence-electron chi connectivity index (χ0n) is 7.20. The van der Waals surface area contributed by atoms with E-state index in [4.69, 9.17) is 0 Å². The van der Waals surface area contributed by atoms with Gasteiger partial charge in [0.1, 0.15) is 0 Å². The molecule has 0 radical (unpaired) electrons. The molecule has 0 atom stereocenters. The fraction of sp³-hybridized carbons (Fsp3) is 0.200. The SMILES string of the molecule is Cc1cnc(C)c2ncccc12. The number of fused-ring (bicyclic) bond motifs is 1. The topological polar surface area (TPSA) is 25.8 Å². The van der Waals surface area contributed by atoms with Gasteiger partial charge in [-0.2, -0.15) is 0 Å². The van der Waals surface area contributed by atoms with E-state index in [2.05, 4.69) is 23.0 Å². The fourth-order valence-corrected chi connectivity index (χ4v) is 1.34. The van der Waals surface area contributed by atoms with Crippen LogP contribution in [-0.4, -0.2) is 9.97 Å². The second kappa shape index (κ2) is 2.55. The Morgan fingerprint density at radius 1 is 1.17 bits per heavy atom. The minimum atomic E-state index is 0.996. The van der Waals surface area contributed by atoms with E-state index < -0.39 is 0 Å². The van der Waals surface area contributed by atoms with E-state index >= 15 is 0 Å². The van der Waals surface area contributed by atoms with Gasteiger partial charge in [0.25, 0.3) is 0 Å². The van der Waals surface area contributed by atoms with Gasteiger partial charge in [-0.25, -0.2) is 0 Å². The minimum Gasteiger partial charge on any atom is -0.259 e. The maximum Gasteiger partial charge on any atom is 0.0916 e. The van der Waals surface area contributed by atoms with E-state index in [0.717, 1.165) is 11.2 Å². The van der Waals surface area contributed by atoms with Gasteiger partial charge in [0.15, 0.2) is 0 Å². The maximum atomic E-state index is 4.28. The molecule has 2 rings (SSSR count). The predicted octanol–water partition coefficient (Wildman–Crippen LogP) is 2.25. The summed E-state index contributed by atoms with van der Waals surface area (Å²) in [5, 5.41) is 1.20. The van der Waals surface area contributed by atoms with E-state index in [9.17, 15) is 0 Å². The normalized spacial score (nSPS) is 10.5. The van der Waals surface area contributed by atoms with E-state index in [1.165, 1.54) is 10.9 Å². The van der Waals surface area contributed by atoms with Crippen molar-refractivity contribution in [3.05, 3.63) is 35.8 Å². The molecule has 60 valence electrons. The number of pyridine rings is 2. The van der Waals surface area contributed by atoms with Crippen LogP contribution in [0.1, 0.15) is 11.3 Å². The molecule has 12 heavy (non-hydrogen) atoms. The molecule has 0 aliphatic heterocycles. The van der Waals surface area contributed by atoms with Gasteiger partial charge < -0.3 is 0 Å². The molecule has 0 unspecified atom stereocenters. The molecule has 0 spiro atoms. The molecular weight excluding hydrogens is 148 g/mol. The summed E-state index contributed by atoms with van der Waals surface area (Å²) in [6.45, 7) is 4.03. The van der Waals surface area contributed by atoms with Gasteiger partial charge in [0, 0.05) is 17.8 Å². The van der Waals surface area contributed by atoms with Crippen LogP contribution in [0.4, 0.5) is 0 Å². The lowest BCUT2D eigenvalue weighted by molar-refractivity contribution is 1.18. The van der Waals surface area contributed by atoms with Gasteiger partial charge in [-0.15, -0.1) is 0 Å². The molecule has 2 heterocycles. The lowest BCUT2D eigenvalue weighted by Gasteiger charge is -2.01. The first-order valence-corrected chi connectivity index (χ1v) is 3.96. The Morgan fingerprint density at radius 3 is 2.75 bits per heavy atom. The number of aromatic nitrogens is 2. The second-order valence-electron chi connectivity index (χ2n) is 2.93.